The number of benzene rings is 1. The summed E-state index contributed by atoms with van der Waals surface area (Å²) in [5, 5.41) is 7.70. The van der Waals surface area contributed by atoms with Crippen molar-refractivity contribution in [3.05, 3.63) is 48.4 Å². The highest BCUT2D eigenvalue weighted by molar-refractivity contribution is 8.00. The molecule has 8 heteroatoms. The van der Waals surface area contributed by atoms with Gasteiger partial charge in [-0.1, -0.05) is 23.0 Å². The van der Waals surface area contributed by atoms with Crippen LogP contribution >= 0.6 is 23.5 Å². The van der Waals surface area contributed by atoms with Crippen molar-refractivity contribution in [2.75, 3.05) is 17.3 Å². The molecule has 1 amide bonds. The molecule has 2 aromatic heterocycles. The van der Waals surface area contributed by atoms with E-state index >= 15 is 0 Å². The zero-order valence-electron chi connectivity index (χ0n) is 14.7. The first kappa shape index (κ1) is 18.1. The van der Waals surface area contributed by atoms with Gasteiger partial charge in [0.2, 0.25) is 5.91 Å². The first-order valence-corrected chi connectivity index (χ1v) is 10.8. The lowest BCUT2D eigenvalue weighted by Crippen LogP contribution is -2.14. The molecule has 0 aliphatic heterocycles. The fourth-order valence-electron chi connectivity index (χ4n) is 2.52. The van der Waals surface area contributed by atoms with Gasteiger partial charge in [-0.2, -0.15) is 4.98 Å². The molecule has 0 spiro atoms. The van der Waals surface area contributed by atoms with E-state index in [1.54, 1.807) is 18.0 Å². The summed E-state index contributed by atoms with van der Waals surface area (Å²) in [7, 11) is 0. The summed E-state index contributed by atoms with van der Waals surface area (Å²) < 4.78 is 5.35. The Balaban J connectivity index is 1.37. The third kappa shape index (κ3) is 4.70. The molecule has 0 unspecified atom stereocenters. The van der Waals surface area contributed by atoms with Crippen molar-refractivity contribution in [2.24, 2.45) is 0 Å². The van der Waals surface area contributed by atoms with Crippen LogP contribution in [0.15, 0.2) is 57.0 Å². The number of thioether (sulfide) groups is 2. The zero-order valence-corrected chi connectivity index (χ0v) is 16.3. The van der Waals surface area contributed by atoms with Crippen LogP contribution in [0.4, 0.5) is 5.69 Å². The topological polar surface area (TPSA) is 80.9 Å². The van der Waals surface area contributed by atoms with Gasteiger partial charge in [0.15, 0.2) is 5.82 Å². The highest BCUT2D eigenvalue weighted by Crippen LogP contribution is 2.39. The van der Waals surface area contributed by atoms with E-state index in [1.165, 1.54) is 11.8 Å². The highest BCUT2D eigenvalue weighted by atomic mass is 32.2. The predicted molar refractivity (Wildman–Crippen MR) is 107 cm³/mol. The van der Waals surface area contributed by atoms with Crippen molar-refractivity contribution < 1.29 is 9.32 Å². The number of nitrogens with one attached hydrogen (secondary N) is 1. The third-order valence-corrected chi connectivity index (χ3v) is 5.72. The molecule has 2 heterocycles. The normalized spacial score (nSPS) is 13.5. The molecule has 6 nitrogen and oxygen atoms in total. The number of nitrogens with zero attached hydrogens (tertiary/aromatic N) is 3. The lowest BCUT2D eigenvalue weighted by molar-refractivity contribution is -0.113. The Bertz CT molecular complexity index is 956. The Morgan fingerprint density at radius 1 is 1.30 bits per heavy atom. The van der Waals surface area contributed by atoms with Crippen molar-refractivity contribution >= 4 is 35.1 Å². The number of aromatic nitrogens is 3. The summed E-state index contributed by atoms with van der Waals surface area (Å²) in [6.45, 7) is 0. The van der Waals surface area contributed by atoms with Crippen molar-refractivity contribution in [1.82, 2.24) is 15.1 Å². The first-order valence-electron chi connectivity index (χ1n) is 8.58. The Labute approximate surface area is 165 Å². The monoisotopic (exact) mass is 398 g/mol. The molecule has 1 aromatic carbocycles. The second-order valence-electron chi connectivity index (χ2n) is 6.18. The Morgan fingerprint density at radius 3 is 3.00 bits per heavy atom. The van der Waals surface area contributed by atoms with Gasteiger partial charge in [-0.05, 0) is 49.4 Å². The van der Waals surface area contributed by atoms with E-state index in [1.807, 2.05) is 42.7 Å². The number of hydrogen-bond donors (Lipinski definition) is 1. The van der Waals surface area contributed by atoms with Gasteiger partial charge in [0.1, 0.15) is 0 Å². The molecule has 1 N–H and O–H groups in total. The number of carbonyl (C=O) groups excluding carboxylic acids is 1. The molecule has 1 aliphatic rings. The number of rotatable bonds is 7. The molecule has 138 valence electrons. The van der Waals surface area contributed by atoms with Gasteiger partial charge in [0, 0.05) is 28.3 Å². The summed E-state index contributed by atoms with van der Waals surface area (Å²) >= 11 is 3.01. The Morgan fingerprint density at radius 2 is 2.19 bits per heavy atom. The average molecular weight is 399 g/mol. The highest BCUT2D eigenvalue weighted by Gasteiger charge is 2.29. The molecular weight excluding hydrogens is 380 g/mol. The van der Waals surface area contributed by atoms with E-state index in [4.69, 9.17) is 4.52 Å². The molecule has 0 saturated heterocycles. The molecule has 0 atom stereocenters. The molecule has 1 aliphatic carbocycles. The SMILES string of the molecule is CSc1cccc(NC(=O)CSc2cc(-c3nc(C4CC4)no3)ccn2)c1. The fraction of sp³-hybridized carbons (Fsp3) is 0.263. The lowest BCUT2D eigenvalue weighted by Gasteiger charge is -2.06. The number of anilines is 1. The summed E-state index contributed by atoms with van der Waals surface area (Å²) in [4.78, 5) is 22.1. The predicted octanol–water partition coefficient (Wildman–Crippen LogP) is 4.46. The van der Waals surface area contributed by atoms with Gasteiger partial charge < -0.3 is 9.84 Å². The summed E-state index contributed by atoms with van der Waals surface area (Å²) in [6.07, 6.45) is 5.96. The molecule has 1 saturated carbocycles. The van der Waals surface area contributed by atoms with Crippen LogP contribution in [0.25, 0.3) is 11.5 Å². The number of carbonyl (C=O) groups is 1. The summed E-state index contributed by atoms with van der Waals surface area (Å²) in [5.74, 6) is 1.94. The minimum Gasteiger partial charge on any atom is -0.334 e. The van der Waals surface area contributed by atoms with Crippen LogP contribution < -0.4 is 5.32 Å². The van der Waals surface area contributed by atoms with Gasteiger partial charge in [0.05, 0.1) is 10.8 Å². The lowest BCUT2D eigenvalue weighted by atomic mass is 10.3. The van der Waals surface area contributed by atoms with Gasteiger partial charge in [-0.15, -0.1) is 11.8 Å². The standard InChI is InChI=1S/C19H18N4O2S2/c1-26-15-4-2-3-14(10-15)21-16(24)11-27-17-9-13(7-8-20-17)19-22-18(23-25-19)12-5-6-12/h2-4,7-10,12H,5-6,11H2,1H3,(H,21,24). The van der Waals surface area contributed by atoms with Crippen molar-refractivity contribution in [3.63, 3.8) is 0 Å². The number of pyridine rings is 1. The largest absolute Gasteiger partial charge is 0.334 e. The molecule has 1 fully saturated rings. The van der Waals surface area contributed by atoms with Gasteiger partial charge in [-0.3, -0.25) is 4.79 Å². The third-order valence-electron chi connectivity index (χ3n) is 4.07. The van der Waals surface area contributed by atoms with E-state index in [2.05, 4.69) is 20.4 Å². The van der Waals surface area contributed by atoms with E-state index in [0.717, 1.165) is 39.8 Å². The quantitative estimate of drug-likeness (QED) is 0.588. The Hall–Kier alpha value is -2.32. The molecular formula is C19H18N4O2S2. The second kappa shape index (κ2) is 8.14. The number of hydrogen-bond acceptors (Lipinski definition) is 7. The van der Waals surface area contributed by atoms with Crippen LogP contribution in [0.2, 0.25) is 0 Å². The second-order valence-corrected chi connectivity index (χ2v) is 8.06. The molecule has 0 bridgehead atoms. The van der Waals surface area contributed by atoms with Crippen LogP contribution in [0.1, 0.15) is 24.6 Å². The maximum atomic E-state index is 12.2. The average Bonchev–Trinajstić information content (AvgIpc) is 3.43. The van der Waals surface area contributed by atoms with E-state index in [9.17, 15) is 4.79 Å². The van der Waals surface area contributed by atoms with Gasteiger partial charge in [0.25, 0.3) is 5.89 Å². The number of amides is 1. The summed E-state index contributed by atoms with van der Waals surface area (Å²) in [6, 6.07) is 11.5. The van der Waals surface area contributed by atoms with Crippen molar-refractivity contribution in [1.29, 1.82) is 0 Å². The molecule has 0 radical (unpaired) electrons. The molecule has 3 aromatic rings. The maximum Gasteiger partial charge on any atom is 0.258 e. The Kier molecular flexibility index (Phi) is 5.45. The maximum absolute atomic E-state index is 12.2. The van der Waals surface area contributed by atoms with E-state index in [0.29, 0.717) is 11.8 Å². The zero-order chi connectivity index (χ0) is 18.6. The van der Waals surface area contributed by atoms with E-state index in [-0.39, 0.29) is 11.7 Å². The molecule has 27 heavy (non-hydrogen) atoms. The van der Waals surface area contributed by atoms with Crippen LogP contribution in [-0.4, -0.2) is 33.0 Å². The van der Waals surface area contributed by atoms with Gasteiger partial charge >= 0.3 is 0 Å². The van der Waals surface area contributed by atoms with Crippen LogP contribution in [0, 0.1) is 0 Å². The van der Waals surface area contributed by atoms with Crippen LogP contribution in [0.3, 0.4) is 0 Å². The van der Waals surface area contributed by atoms with Gasteiger partial charge in [-0.25, -0.2) is 4.98 Å². The van der Waals surface area contributed by atoms with E-state index < -0.39 is 0 Å². The van der Waals surface area contributed by atoms with Crippen molar-refractivity contribution in [3.8, 4) is 11.5 Å². The first-order chi connectivity index (χ1) is 13.2. The smallest absolute Gasteiger partial charge is 0.258 e. The van der Waals surface area contributed by atoms with Crippen LogP contribution in [-0.2, 0) is 4.79 Å². The molecule has 4 rings (SSSR count). The van der Waals surface area contributed by atoms with Crippen molar-refractivity contribution in [2.45, 2.75) is 28.7 Å². The minimum absolute atomic E-state index is 0.0701. The fourth-order valence-corrected chi connectivity index (χ4v) is 3.67. The summed E-state index contributed by atoms with van der Waals surface area (Å²) in [5.41, 5.74) is 1.62. The minimum atomic E-state index is -0.0701. The van der Waals surface area contributed by atoms with Crippen LogP contribution in [0.5, 0.6) is 0 Å².